The monoisotopic (exact) mass is 447 g/mol. The minimum atomic E-state index is -0.211. The molecule has 0 aromatic heterocycles. The van der Waals surface area contributed by atoms with Gasteiger partial charge in [0.2, 0.25) is 0 Å². The number of hydrazone groups is 1. The number of benzene rings is 3. The first-order valence-electron chi connectivity index (χ1n) is 9.64. The van der Waals surface area contributed by atoms with Crippen molar-refractivity contribution < 1.29 is 4.79 Å². The summed E-state index contributed by atoms with van der Waals surface area (Å²) in [6, 6.07) is 24.1. The molecular formula is C24H22BrN3O. The fraction of sp³-hybridized carbons (Fsp3) is 0.167. The second-order valence-electron chi connectivity index (χ2n) is 7.18. The summed E-state index contributed by atoms with van der Waals surface area (Å²) in [6.45, 7) is 2.92. The fourth-order valence-electron chi connectivity index (χ4n) is 3.49. The van der Waals surface area contributed by atoms with Crippen LogP contribution >= 0.6 is 15.9 Å². The summed E-state index contributed by atoms with van der Waals surface area (Å²) in [4.78, 5) is 14.7. The summed E-state index contributed by atoms with van der Waals surface area (Å²) in [5.41, 5.74) is 8.19. The van der Waals surface area contributed by atoms with E-state index in [2.05, 4.69) is 55.6 Å². The van der Waals surface area contributed by atoms with E-state index in [-0.39, 0.29) is 5.91 Å². The van der Waals surface area contributed by atoms with Gasteiger partial charge in [0.15, 0.2) is 0 Å². The summed E-state index contributed by atoms with van der Waals surface area (Å²) in [5.74, 6) is -0.211. The van der Waals surface area contributed by atoms with Crippen LogP contribution in [-0.2, 0) is 19.5 Å². The van der Waals surface area contributed by atoms with Gasteiger partial charge in [-0.25, -0.2) is 5.43 Å². The lowest BCUT2D eigenvalue weighted by Crippen LogP contribution is -2.30. The Balaban J connectivity index is 1.32. The van der Waals surface area contributed by atoms with Crippen molar-refractivity contribution in [1.29, 1.82) is 0 Å². The predicted molar refractivity (Wildman–Crippen MR) is 120 cm³/mol. The molecule has 5 heteroatoms. The molecule has 146 valence electrons. The van der Waals surface area contributed by atoms with Crippen LogP contribution in [0, 0.1) is 0 Å². The molecule has 0 aliphatic carbocycles. The molecule has 0 bridgehead atoms. The molecular weight excluding hydrogens is 426 g/mol. The molecule has 0 saturated carbocycles. The van der Waals surface area contributed by atoms with E-state index < -0.39 is 0 Å². The van der Waals surface area contributed by atoms with Gasteiger partial charge in [-0.15, -0.1) is 0 Å². The maximum absolute atomic E-state index is 12.3. The molecule has 0 atom stereocenters. The van der Waals surface area contributed by atoms with Crippen molar-refractivity contribution in [3.8, 4) is 0 Å². The van der Waals surface area contributed by atoms with Gasteiger partial charge in [-0.2, -0.15) is 5.10 Å². The number of nitrogens with zero attached hydrogens (tertiary/aromatic N) is 2. The maximum Gasteiger partial charge on any atom is 0.271 e. The van der Waals surface area contributed by atoms with E-state index in [1.54, 1.807) is 6.21 Å². The Morgan fingerprint density at radius 2 is 1.72 bits per heavy atom. The zero-order valence-electron chi connectivity index (χ0n) is 16.0. The zero-order valence-corrected chi connectivity index (χ0v) is 17.6. The van der Waals surface area contributed by atoms with Crippen LogP contribution in [0.15, 0.2) is 82.4 Å². The first-order valence-corrected chi connectivity index (χ1v) is 10.4. The Labute approximate surface area is 179 Å². The van der Waals surface area contributed by atoms with Gasteiger partial charge in [0.25, 0.3) is 5.91 Å². The minimum absolute atomic E-state index is 0.211. The summed E-state index contributed by atoms with van der Waals surface area (Å²) in [7, 11) is 0. The largest absolute Gasteiger partial charge is 0.294 e. The topological polar surface area (TPSA) is 44.7 Å². The quantitative estimate of drug-likeness (QED) is 0.452. The van der Waals surface area contributed by atoms with Crippen molar-refractivity contribution in [2.75, 3.05) is 6.54 Å². The molecule has 3 aromatic carbocycles. The molecule has 1 heterocycles. The number of hydrogen-bond acceptors (Lipinski definition) is 3. The highest BCUT2D eigenvalue weighted by Crippen LogP contribution is 2.20. The standard InChI is InChI=1S/C24H22BrN3O/c25-23-11-7-18(8-12-23)15-26-27-24(29)21-9-5-19(6-10-21)16-28-14-13-20-3-1-2-4-22(20)17-28/h1-12,15H,13-14,16-17H2,(H,27,29)/b26-15-. The van der Waals surface area contributed by atoms with Gasteiger partial charge < -0.3 is 0 Å². The number of amides is 1. The van der Waals surface area contributed by atoms with Crippen molar-refractivity contribution >= 4 is 28.1 Å². The molecule has 1 aliphatic rings. The van der Waals surface area contributed by atoms with E-state index in [0.29, 0.717) is 5.56 Å². The highest BCUT2D eigenvalue weighted by molar-refractivity contribution is 9.10. The molecule has 1 aliphatic heterocycles. The molecule has 0 saturated heterocycles. The lowest BCUT2D eigenvalue weighted by Gasteiger charge is -2.28. The summed E-state index contributed by atoms with van der Waals surface area (Å²) in [5, 5.41) is 4.04. The van der Waals surface area contributed by atoms with Crippen molar-refractivity contribution in [2.45, 2.75) is 19.5 Å². The van der Waals surface area contributed by atoms with Crippen LogP contribution in [0.1, 0.15) is 32.6 Å². The smallest absolute Gasteiger partial charge is 0.271 e. The molecule has 0 spiro atoms. The van der Waals surface area contributed by atoms with E-state index in [4.69, 9.17) is 0 Å². The summed E-state index contributed by atoms with van der Waals surface area (Å²) >= 11 is 3.39. The number of fused-ring (bicyclic) bond motifs is 1. The van der Waals surface area contributed by atoms with Crippen LogP contribution in [0.5, 0.6) is 0 Å². The third-order valence-electron chi connectivity index (χ3n) is 5.08. The van der Waals surface area contributed by atoms with E-state index in [1.165, 1.54) is 16.7 Å². The molecule has 0 fully saturated rings. The number of nitrogens with one attached hydrogen (secondary N) is 1. The van der Waals surface area contributed by atoms with Gasteiger partial charge in [0, 0.05) is 29.7 Å². The first-order chi connectivity index (χ1) is 14.2. The van der Waals surface area contributed by atoms with Gasteiger partial charge in [-0.3, -0.25) is 9.69 Å². The highest BCUT2D eigenvalue weighted by Gasteiger charge is 2.15. The minimum Gasteiger partial charge on any atom is -0.294 e. The van der Waals surface area contributed by atoms with Crippen LogP contribution in [-0.4, -0.2) is 23.6 Å². The molecule has 4 nitrogen and oxygen atoms in total. The van der Waals surface area contributed by atoms with Crippen LogP contribution in [0.3, 0.4) is 0 Å². The fourth-order valence-corrected chi connectivity index (χ4v) is 3.75. The zero-order chi connectivity index (χ0) is 20.1. The molecule has 0 radical (unpaired) electrons. The number of carbonyl (C=O) groups excluding carboxylic acids is 1. The normalized spacial score (nSPS) is 14.0. The van der Waals surface area contributed by atoms with Gasteiger partial charge >= 0.3 is 0 Å². The van der Waals surface area contributed by atoms with Crippen LogP contribution in [0.4, 0.5) is 0 Å². The first kappa shape index (κ1) is 19.6. The Morgan fingerprint density at radius 1 is 1.00 bits per heavy atom. The number of carbonyl (C=O) groups is 1. The lowest BCUT2D eigenvalue weighted by atomic mass is 9.99. The molecule has 0 unspecified atom stereocenters. The number of hydrogen-bond donors (Lipinski definition) is 1. The molecule has 1 amide bonds. The Kier molecular flexibility index (Phi) is 6.17. The molecule has 3 aromatic rings. The van der Waals surface area contributed by atoms with Crippen molar-refractivity contribution in [3.05, 3.63) is 105 Å². The van der Waals surface area contributed by atoms with E-state index in [0.717, 1.165) is 36.1 Å². The van der Waals surface area contributed by atoms with Gasteiger partial charge in [-0.05, 0) is 52.9 Å². The predicted octanol–water partition coefficient (Wildman–Crippen LogP) is 4.77. The average Bonchev–Trinajstić information content (AvgIpc) is 2.75. The third-order valence-corrected chi connectivity index (χ3v) is 5.61. The average molecular weight is 448 g/mol. The second kappa shape index (κ2) is 9.16. The van der Waals surface area contributed by atoms with E-state index in [1.807, 2.05) is 48.5 Å². The Bertz CT molecular complexity index is 1010. The second-order valence-corrected chi connectivity index (χ2v) is 8.09. The lowest BCUT2D eigenvalue weighted by molar-refractivity contribution is 0.0955. The number of rotatable bonds is 5. The van der Waals surface area contributed by atoms with Crippen LogP contribution in [0.25, 0.3) is 0 Å². The number of halogens is 1. The van der Waals surface area contributed by atoms with Crippen molar-refractivity contribution in [2.24, 2.45) is 5.10 Å². The van der Waals surface area contributed by atoms with Crippen LogP contribution < -0.4 is 5.43 Å². The SMILES string of the molecule is O=C(N/N=C\c1ccc(Br)cc1)c1ccc(CN2CCc3ccccc3C2)cc1. The van der Waals surface area contributed by atoms with Crippen molar-refractivity contribution in [3.63, 3.8) is 0 Å². The molecule has 1 N–H and O–H groups in total. The Morgan fingerprint density at radius 3 is 2.48 bits per heavy atom. The summed E-state index contributed by atoms with van der Waals surface area (Å²) in [6.07, 6.45) is 2.72. The maximum atomic E-state index is 12.3. The van der Waals surface area contributed by atoms with Gasteiger partial charge in [-0.1, -0.05) is 64.5 Å². The van der Waals surface area contributed by atoms with E-state index >= 15 is 0 Å². The van der Waals surface area contributed by atoms with Crippen LogP contribution in [0.2, 0.25) is 0 Å². The molecule has 29 heavy (non-hydrogen) atoms. The summed E-state index contributed by atoms with van der Waals surface area (Å²) < 4.78 is 1.01. The van der Waals surface area contributed by atoms with E-state index in [9.17, 15) is 4.79 Å². The van der Waals surface area contributed by atoms with Gasteiger partial charge in [0.05, 0.1) is 6.21 Å². The highest BCUT2D eigenvalue weighted by atomic mass is 79.9. The van der Waals surface area contributed by atoms with Gasteiger partial charge in [0.1, 0.15) is 0 Å². The third kappa shape index (κ3) is 5.19. The Hall–Kier alpha value is -2.76. The molecule has 4 rings (SSSR count). The van der Waals surface area contributed by atoms with Crippen molar-refractivity contribution in [1.82, 2.24) is 10.3 Å².